The van der Waals surface area contributed by atoms with Crippen LogP contribution in [-0.2, 0) is 15.8 Å². The summed E-state index contributed by atoms with van der Waals surface area (Å²) in [4.78, 5) is 15.1. The number of aromatic nitrogens is 2. The maximum Gasteiger partial charge on any atom is 0.404 e. The molecule has 0 atom stereocenters. The van der Waals surface area contributed by atoms with E-state index in [-0.39, 0.29) is 16.7 Å². The first-order valence-corrected chi connectivity index (χ1v) is 7.71. The predicted octanol–water partition coefficient (Wildman–Crippen LogP) is 2.96. The van der Waals surface area contributed by atoms with Crippen LogP contribution in [0.25, 0.3) is 0 Å². The second-order valence-corrected chi connectivity index (χ2v) is 7.28. The highest BCUT2D eigenvalue weighted by Gasteiger charge is 2.52. The Bertz CT molecular complexity index is 554. The maximum atomic E-state index is 13.9. The third kappa shape index (κ3) is 2.57. The normalized spacial score (nSPS) is 31.2. The molecule has 2 bridgehead atoms. The van der Waals surface area contributed by atoms with Crippen LogP contribution < -0.4 is 5.73 Å². The van der Waals surface area contributed by atoms with Crippen molar-refractivity contribution in [3.8, 4) is 0 Å². The molecule has 1 amide bonds. The molecule has 0 aromatic carbocycles. The van der Waals surface area contributed by atoms with Crippen LogP contribution in [0.4, 0.5) is 9.18 Å². The zero-order chi connectivity index (χ0) is 16.0. The smallest absolute Gasteiger partial charge is 0.404 e. The molecule has 0 radical (unpaired) electrons. The Balaban J connectivity index is 1.73. The highest BCUT2D eigenvalue weighted by molar-refractivity contribution is 5.64. The fourth-order valence-corrected chi connectivity index (χ4v) is 3.72. The minimum Gasteiger partial charge on any atom is -0.449 e. The summed E-state index contributed by atoms with van der Waals surface area (Å²) >= 11 is 0. The van der Waals surface area contributed by atoms with Gasteiger partial charge in [0.05, 0.1) is 6.61 Å². The quantitative estimate of drug-likeness (QED) is 0.923. The molecule has 3 aliphatic carbocycles. The number of carbonyl (C=O) groups is 1. The lowest BCUT2D eigenvalue weighted by Gasteiger charge is -2.51. The molecule has 2 N–H and O–H groups in total. The van der Waals surface area contributed by atoms with Crippen molar-refractivity contribution >= 4 is 6.09 Å². The summed E-state index contributed by atoms with van der Waals surface area (Å²) < 4.78 is 24.1. The summed E-state index contributed by atoms with van der Waals surface area (Å²) in [7, 11) is 0. The number of amides is 1. The standard InChI is InChI=1S/C15H22FN3O3/c1-13(2,16)11-18-10(19-22-11)15-6-3-14(4-7-15,5-8-15)9-21-12(17)20/h3-9H2,1-2H3,(H2,17,20). The Morgan fingerprint density at radius 2 is 1.91 bits per heavy atom. The lowest BCUT2D eigenvalue weighted by Crippen LogP contribution is -2.47. The third-order valence-electron chi connectivity index (χ3n) is 5.33. The van der Waals surface area contributed by atoms with E-state index in [0.29, 0.717) is 12.4 Å². The van der Waals surface area contributed by atoms with Crippen molar-refractivity contribution in [1.82, 2.24) is 10.1 Å². The van der Waals surface area contributed by atoms with Gasteiger partial charge >= 0.3 is 6.09 Å². The van der Waals surface area contributed by atoms with Crippen molar-refractivity contribution in [2.45, 2.75) is 63.5 Å². The monoisotopic (exact) mass is 311 g/mol. The number of fused-ring (bicyclic) bond motifs is 3. The molecular weight excluding hydrogens is 289 g/mol. The van der Waals surface area contributed by atoms with Gasteiger partial charge in [-0.2, -0.15) is 4.98 Å². The third-order valence-corrected chi connectivity index (χ3v) is 5.33. The molecule has 0 aliphatic heterocycles. The molecule has 1 aromatic heterocycles. The van der Waals surface area contributed by atoms with E-state index in [2.05, 4.69) is 10.1 Å². The summed E-state index contributed by atoms with van der Waals surface area (Å²) in [6, 6.07) is 0. The van der Waals surface area contributed by atoms with Gasteiger partial charge in [-0.05, 0) is 52.4 Å². The van der Waals surface area contributed by atoms with Gasteiger partial charge in [-0.15, -0.1) is 0 Å². The fourth-order valence-electron chi connectivity index (χ4n) is 3.72. The first-order chi connectivity index (χ1) is 10.2. The minimum atomic E-state index is -1.62. The minimum absolute atomic E-state index is 0.0305. The van der Waals surface area contributed by atoms with Crippen LogP contribution in [0.3, 0.4) is 0 Å². The Morgan fingerprint density at radius 1 is 1.32 bits per heavy atom. The van der Waals surface area contributed by atoms with Crippen LogP contribution in [0.15, 0.2) is 4.52 Å². The summed E-state index contributed by atoms with van der Waals surface area (Å²) in [6.07, 6.45) is 4.79. The highest BCUT2D eigenvalue weighted by Crippen LogP contribution is 2.57. The first kappa shape index (κ1) is 15.2. The van der Waals surface area contributed by atoms with E-state index < -0.39 is 11.8 Å². The molecule has 4 rings (SSSR count). The number of alkyl halides is 1. The largest absolute Gasteiger partial charge is 0.449 e. The second kappa shape index (κ2) is 4.93. The molecule has 0 unspecified atom stereocenters. The summed E-state index contributed by atoms with van der Waals surface area (Å²) in [5.41, 5.74) is 3.35. The van der Waals surface area contributed by atoms with Gasteiger partial charge in [0.1, 0.15) is 0 Å². The van der Waals surface area contributed by atoms with Crippen molar-refractivity contribution < 1.29 is 18.4 Å². The molecule has 1 aromatic rings. The van der Waals surface area contributed by atoms with Gasteiger partial charge in [-0.1, -0.05) is 5.16 Å². The molecule has 7 heteroatoms. The zero-order valence-electron chi connectivity index (χ0n) is 13.0. The Morgan fingerprint density at radius 3 is 2.36 bits per heavy atom. The SMILES string of the molecule is CC(C)(F)c1nc(C23CCC(COC(N)=O)(CC2)CC3)no1. The lowest BCUT2D eigenvalue weighted by atomic mass is 9.53. The van der Waals surface area contributed by atoms with E-state index in [1.807, 2.05) is 0 Å². The van der Waals surface area contributed by atoms with E-state index in [1.54, 1.807) is 0 Å². The van der Waals surface area contributed by atoms with Crippen molar-refractivity contribution in [2.24, 2.45) is 11.1 Å². The van der Waals surface area contributed by atoms with Gasteiger partial charge in [0.15, 0.2) is 11.5 Å². The number of rotatable bonds is 4. The number of carbonyl (C=O) groups excluding carboxylic acids is 1. The molecule has 3 saturated carbocycles. The van der Waals surface area contributed by atoms with Crippen LogP contribution in [0.2, 0.25) is 0 Å². The number of nitrogens with two attached hydrogens (primary N) is 1. The zero-order valence-corrected chi connectivity index (χ0v) is 13.0. The number of halogens is 1. The van der Waals surface area contributed by atoms with Crippen molar-refractivity contribution in [3.63, 3.8) is 0 Å². The molecular formula is C15H22FN3O3. The average molecular weight is 311 g/mol. The summed E-state index contributed by atoms with van der Waals surface area (Å²) in [5.74, 6) is 0.661. The summed E-state index contributed by atoms with van der Waals surface area (Å²) in [6.45, 7) is 3.21. The van der Waals surface area contributed by atoms with E-state index in [0.717, 1.165) is 38.5 Å². The van der Waals surface area contributed by atoms with E-state index in [1.165, 1.54) is 13.8 Å². The summed E-state index contributed by atoms with van der Waals surface area (Å²) in [5, 5.41) is 4.04. The van der Waals surface area contributed by atoms with Gasteiger partial charge in [0.2, 0.25) is 0 Å². The Labute approximate surface area is 128 Å². The van der Waals surface area contributed by atoms with Crippen molar-refractivity contribution in [2.75, 3.05) is 6.61 Å². The van der Waals surface area contributed by atoms with E-state index >= 15 is 0 Å². The highest BCUT2D eigenvalue weighted by atomic mass is 19.1. The van der Waals surface area contributed by atoms with Gasteiger partial charge in [-0.3, -0.25) is 0 Å². The van der Waals surface area contributed by atoms with Crippen LogP contribution in [0.5, 0.6) is 0 Å². The lowest BCUT2D eigenvalue weighted by molar-refractivity contribution is -0.0155. The number of primary amides is 1. The van der Waals surface area contributed by atoms with Gasteiger partial charge in [0.25, 0.3) is 5.89 Å². The van der Waals surface area contributed by atoms with Crippen LogP contribution in [0, 0.1) is 5.41 Å². The molecule has 6 nitrogen and oxygen atoms in total. The van der Waals surface area contributed by atoms with E-state index in [9.17, 15) is 9.18 Å². The Kier molecular flexibility index (Phi) is 3.41. The predicted molar refractivity (Wildman–Crippen MR) is 75.8 cm³/mol. The number of ether oxygens (including phenoxy) is 1. The number of nitrogens with zero attached hydrogens (tertiary/aromatic N) is 2. The van der Waals surface area contributed by atoms with E-state index in [4.69, 9.17) is 15.0 Å². The molecule has 22 heavy (non-hydrogen) atoms. The Hall–Kier alpha value is -1.66. The van der Waals surface area contributed by atoms with Crippen LogP contribution in [0.1, 0.15) is 64.1 Å². The second-order valence-electron chi connectivity index (χ2n) is 7.28. The van der Waals surface area contributed by atoms with Gasteiger partial charge in [0, 0.05) is 10.8 Å². The molecule has 3 fully saturated rings. The molecule has 3 aliphatic rings. The fraction of sp³-hybridized carbons (Fsp3) is 0.800. The molecule has 1 heterocycles. The first-order valence-electron chi connectivity index (χ1n) is 7.71. The van der Waals surface area contributed by atoms with Crippen molar-refractivity contribution in [3.05, 3.63) is 11.7 Å². The average Bonchev–Trinajstić information content (AvgIpc) is 2.98. The van der Waals surface area contributed by atoms with Crippen LogP contribution in [-0.4, -0.2) is 22.8 Å². The molecule has 0 spiro atoms. The number of hydrogen-bond donors (Lipinski definition) is 1. The molecule has 122 valence electrons. The molecule has 0 saturated heterocycles. The van der Waals surface area contributed by atoms with Crippen LogP contribution >= 0.6 is 0 Å². The van der Waals surface area contributed by atoms with Gasteiger partial charge < -0.3 is 15.0 Å². The topological polar surface area (TPSA) is 91.2 Å². The maximum absolute atomic E-state index is 13.9. The number of hydrogen-bond acceptors (Lipinski definition) is 5. The van der Waals surface area contributed by atoms with Crippen molar-refractivity contribution in [1.29, 1.82) is 0 Å². The van der Waals surface area contributed by atoms with Gasteiger partial charge in [-0.25, -0.2) is 9.18 Å².